The van der Waals surface area contributed by atoms with Crippen LogP contribution in [0.2, 0.25) is 0 Å². The van der Waals surface area contributed by atoms with Gasteiger partial charge in [0.2, 0.25) is 5.91 Å². The third-order valence-electron chi connectivity index (χ3n) is 5.57. The smallest absolute Gasteiger partial charge is 0.253 e. The number of amides is 2. The molecule has 30 heavy (non-hydrogen) atoms. The van der Waals surface area contributed by atoms with Crippen molar-refractivity contribution in [3.8, 4) is 0 Å². The number of nitrogens with one attached hydrogen (secondary N) is 2. The molecule has 0 spiro atoms. The van der Waals surface area contributed by atoms with Crippen molar-refractivity contribution < 1.29 is 18.7 Å². The zero-order valence-electron chi connectivity index (χ0n) is 17.7. The van der Waals surface area contributed by atoms with Crippen molar-refractivity contribution in [2.45, 2.75) is 39.3 Å². The second-order valence-corrected chi connectivity index (χ2v) is 7.61. The largest absolute Gasteiger partial charge is 0.467 e. The van der Waals surface area contributed by atoms with Gasteiger partial charge in [-0.15, -0.1) is 0 Å². The lowest BCUT2D eigenvalue weighted by atomic mass is 9.96. The molecule has 1 aliphatic heterocycles. The Morgan fingerprint density at radius 1 is 1.20 bits per heavy atom. The molecule has 0 saturated carbocycles. The maximum Gasteiger partial charge on any atom is 0.253 e. The maximum atomic E-state index is 12.9. The molecule has 0 radical (unpaired) electrons. The zero-order valence-corrected chi connectivity index (χ0v) is 17.7. The molecule has 2 heterocycles. The summed E-state index contributed by atoms with van der Waals surface area (Å²) >= 11 is 0. The number of benzene rings is 1. The SMILES string of the molecule is CCOCC1CCN(C(C)C(=O)Nc2ccccc2C(=O)NCc2ccco2)CC1. The number of likely N-dealkylation sites (tertiary alicyclic amines) is 1. The lowest BCUT2D eigenvalue weighted by molar-refractivity contribution is -0.121. The van der Waals surface area contributed by atoms with Gasteiger partial charge < -0.3 is 19.8 Å². The second kappa shape index (κ2) is 10.9. The topological polar surface area (TPSA) is 83.8 Å². The van der Waals surface area contributed by atoms with Crippen molar-refractivity contribution >= 4 is 17.5 Å². The molecule has 1 fully saturated rings. The molecular formula is C23H31N3O4. The van der Waals surface area contributed by atoms with Crippen LogP contribution in [-0.2, 0) is 16.1 Å². The van der Waals surface area contributed by atoms with E-state index in [1.54, 1.807) is 36.6 Å². The highest BCUT2D eigenvalue weighted by Gasteiger charge is 2.27. The van der Waals surface area contributed by atoms with Crippen LogP contribution in [0.25, 0.3) is 0 Å². The van der Waals surface area contributed by atoms with Crippen LogP contribution in [0.3, 0.4) is 0 Å². The lowest BCUT2D eigenvalue weighted by Crippen LogP contribution is -2.46. The van der Waals surface area contributed by atoms with Gasteiger partial charge in [-0.25, -0.2) is 0 Å². The van der Waals surface area contributed by atoms with Crippen LogP contribution >= 0.6 is 0 Å². The van der Waals surface area contributed by atoms with Gasteiger partial charge in [0.15, 0.2) is 0 Å². The molecule has 162 valence electrons. The second-order valence-electron chi connectivity index (χ2n) is 7.61. The lowest BCUT2D eigenvalue weighted by Gasteiger charge is -2.35. The van der Waals surface area contributed by atoms with Gasteiger partial charge in [0.1, 0.15) is 5.76 Å². The summed E-state index contributed by atoms with van der Waals surface area (Å²) in [5.41, 5.74) is 0.942. The molecular weight excluding hydrogens is 382 g/mol. The van der Waals surface area contributed by atoms with E-state index >= 15 is 0 Å². The molecule has 1 aromatic carbocycles. The number of ether oxygens (including phenoxy) is 1. The van der Waals surface area contributed by atoms with Crippen LogP contribution in [0, 0.1) is 5.92 Å². The summed E-state index contributed by atoms with van der Waals surface area (Å²) in [6.45, 7) is 7.50. The van der Waals surface area contributed by atoms with Crippen LogP contribution < -0.4 is 10.6 Å². The van der Waals surface area contributed by atoms with E-state index in [1.807, 2.05) is 19.9 Å². The maximum absolute atomic E-state index is 12.9. The predicted octanol–water partition coefficient (Wildman–Crippen LogP) is 3.29. The molecule has 7 nitrogen and oxygen atoms in total. The van der Waals surface area contributed by atoms with E-state index in [-0.39, 0.29) is 17.9 Å². The van der Waals surface area contributed by atoms with Gasteiger partial charge in [-0.1, -0.05) is 12.1 Å². The Kier molecular flexibility index (Phi) is 8.04. The highest BCUT2D eigenvalue weighted by molar-refractivity contribution is 6.04. The van der Waals surface area contributed by atoms with Gasteiger partial charge in [0, 0.05) is 13.2 Å². The Morgan fingerprint density at radius 3 is 2.67 bits per heavy atom. The molecule has 2 amide bonds. The Morgan fingerprint density at radius 2 is 1.97 bits per heavy atom. The van der Waals surface area contributed by atoms with Crippen molar-refractivity contribution in [1.82, 2.24) is 10.2 Å². The molecule has 2 aromatic rings. The molecule has 0 aliphatic carbocycles. The van der Waals surface area contributed by atoms with Crippen LogP contribution in [0.1, 0.15) is 42.8 Å². The average molecular weight is 414 g/mol. The number of hydrogen-bond acceptors (Lipinski definition) is 5. The van der Waals surface area contributed by atoms with Crippen molar-refractivity contribution in [3.63, 3.8) is 0 Å². The number of piperidine rings is 1. The number of furan rings is 1. The minimum absolute atomic E-state index is 0.107. The standard InChI is InChI=1S/C23H31N3O4/c1-3-29-16-18-10-12-26(13-11-18)17(2)22(27)25-21-9-5-4-8-20(21)23(28)24-15-19-7-6-14-30-19/h4-9,14,17-18H,3,10-13,15-16H2,1-2H3,(H,24,28)(H,25,27). The normalized spacial score (nSPS) is 16.2. The molecule has 7 heteroatoms. The summed E-state index contributed by atoms with van der Waals surface area (Å²) in [5.74, 6) is 0.873. The number of carbonyl (C=O) groups is 2. The van der Waals surface area contributed by atoms with E-state index in [1.165, 1.54) is 0 Å². The van der Waals surface area contributed by atoms with Crippen molar-refractivity contribution in [1.29, 1.82) is 0 Å². The highest BCUT2D eigenvalue weighted by Crippen LogP contribution is 2.21. The number of carbonyl (C=O) groups excluding carboxylic acids is 2. The Balaban J connectivity index is 1.55. The van der Waals surface area contributed by atoms with Crippen LogP contribution in [-0.4, -0.2) is 49.1 Å². The van der Waals surface area contributed by atoms with E-state index in [0.29, 0.717) is 29.5 Å². The molecule has 1 unspecified atom stereocenters. The van der Waals surface area contributed by atoms with Gasteiger partial charge in [-0.2, -0.15) is 0 Å². The third kappa shape index (κ3) is 5.93. The minimum Gasteiger partial charge on any atom is -0.467 e. The first-order valence-electron chi connectivity index (χ1n) is 10.6. The first-order valence-corrected chi connectivity index (χ1v) is 10.6. The monoisotopic (exact) mass is 413 g/mol. The number of para-hydroxylation sites is 1. The number of hydrogen-bond donors (Lipinski definition) is 2. The third-order valence-corrected chi connectivity index (χ3v) is 5.57. The van der Waals surface area contributed by atoms with E-state index in [0.717, 1.165) is 39.1 Å². The first kappa shape index (κ1) is 22.1. The van der Waals surface area contributed by atoms with Gasteiger partial charge in [0.25, 0.3) is 5.91 Å². The van der Waals surface area contributed by atoms with Crippen molar-refractivity contribution in [2.24, 2.45) is 5.92 Å². The minimum atomic E-state index is -0.266. The van der Waals surface area contributed by atoms with Gasteiger partial charge in [0.05, 0.1) is 30.1 Å². The quantitative estimate of drug-likeness (QED) is 0.659. The molecule has 1 aromatic heterocycles. The Bertz CT molecular complexity index is 814. The molecule has 1 aliphatic rings. The average Bonchev–Trinajstić information content (AvgIpc) is 3.30. The van der Waals surface area contributed by atoms with Gasteiger partial charge >= 0.3 is 0 Å². The molecule has 1 atom stereocenters. The molecule has 1 saturated heterocycles. The summed E-state index contributed by atoms with van der Waals surface area (Å²) in [4.78, 5) is 27.7. The summed E-state index contributed by atoms with van der Waals surface area (Å²) < 4.78 is 10.8. The van der Waals surface area contributed by atoms with Gasteiger partial charge in [-0.3, -0.25) is 14.5 Å². The summed E-state index contributed by atoms with van der Waals surface area (Å²) in [6.07, 6.45) is 3.63. The summed E-state index contributed by atoms with van der Waals surface area (Å²) in [7, 11) is 0. The predicted molar refractivity (Wildman–Crippen MR) is 115 cm³/mol. The van der Waals surface area contributed by atoms with E-state index in [4.69, 9.17) is 9.15 Å². The van der Waals surface area contributed by atoms with E-state index in [9.17, 15) is 9.59 Å². The van der Waals surface area contributed by atoms with E-state index in [2.05, 4.69) is 15.5 Å². The van der Waals surface area contributed by atoms with Crippen LogP contribution in [0.4, 0.5) is 5.69 Å². The molecule has 0 bridgehead atoms. The summed E-state index contributed by atoms with van der Waals surface area (Å²) in [5, 5.41) is 5.76. The van der Waals surface area contributed by atoms with Crippen LogP contribution in [0.5, 0.6) is 0 Å². The molecule has 3 rings (SSSR count). The van der Waals surface area contributed by atoms with E-state index < -0.39 is 0 Å². The Hall–Kier alpha value is -2.64. The fraction of sp³-hybridized carbons (Fsp3) is 0.478. The number of anilines is 1. The van der Waals surface area contributed by atoms with Gasteiger partial charge in [-0.05, 0) is 70.0 Å². The fourth-order valence-electron chi connectivity index (χ4n) is 3.66. The number of nitrogens with zero attached hydrogens (tertiary/aromatic N) is 1. The fourth-order valence-corrected chi connectivity index (χ4v) is 3.66. The Labute approximate surface area is 177 Å². The van der Waals surface area contributed by atoms with Crippen LogP contribution in [0.15, 0.2) is 47.1 Å². The first-order chi connectivity index (χ1) is 14.6. The number of rotatable bonds is 9. The summed E-state index contributed by atoms with van der Waals surface area (Å²) in [6, 6.07) is 10.4. The highest BCUT2D eigenvalue weighted by atomic mass is 16.5. The molecule has 2 N–H and O–H groups in total. The van der Waals surface area contributed by atoms with Crippen molar-refractivity contribution in [3.05, 3.63) is 54.0 Å². The zero-order chi connectivity index (χ0) is 21.3. The van der Waals surface area contributed by atoms with Crippen molar-refractivity contribution in [2.75, 3.05) is 31.6 Å².